The number of carbonyl (C=O) groups excluding carboxylic acids is 1. The first kappa shape index (κ1) is 11.9. The zero-order valence-electron chi connectivity index (χ0n) is 11.3. The highest BCUT2D eigenvalue weighted by Gasteiger charge is 2.07. The lowest BCUT2D eigenvalue weighted by atomic mass is 9.99. The van der Waals surface area contributed by atoms with Gasteiger partial charge in [-0.2, -0.15) is 0 Å². The molecule has 3 aromatic carbocycles. The summed E-state index contributed by atoms with van der Waals surface area (Å²) in [4.78, 5) is 14.6. The van der Waals surface area contributed by atoms with E-state index in [1.165, 1.54) is 10.8 Å². The van der Waals surface area contributed by atoms with E-state index < -0.39 is 0 Å². The van der Waals surface area contributed by atoms with E-state index in [0.717, 1.165) is 28.4 Å². The van der Waals surface area contributed by atoms with E-state index in [0.29, 0.717) is 5.56 Å². The summed E-state index contributed by atoms with van der Waals surface area (Å²) in [5, 5.41) is 2.43. The van der Waals surface area contributed by atoms with Crippen molar-refractivity contribution in [3.05, 3.63) is 72.3 Å². The van der Waals surface area contributed by atoms with E-state index in [9.17, 15) is 4.79 Å². The molecule has 0 amide bonds. The molecule has 2 heteroatoms. The number of nitrogens with one attached hydrogen (secondary N) is 1. The summed E-state index contributed by atoms with van der Waals surface area (Å²) < 4.78 is 0. The molecule has 0 atom stereocenters. The van der Waals surface area contributed by atoms with Crippen LogP contribution in [0.25, 0.3) is 32.9 Å². The van der Waals surface area contributed by atoms with Gasteiger partial charge in [0.2, 0.25) is 0 Å². The van der Waals surface area contributed by atoms with Gasteiger partial charge in [-0.15, -0.1) is 0 Å². The third kappa shape index (κ3) is 1.84. The average Bonchev–Trinajstić information content (AvgIpc) is 2.92. The molecule has 2 nitrogen and oxygen atoms in total. The molecule has 0 bridgehead atoms. The summed E-state index contributed by atoms with van der Waals surface area (Å²) in [5.74, 6) is 0. The van der Waals surface area contributed by atoms with Gasteiger partial charge in [0, 0.05) is 27.4 Å². The monoisotopic (exact) mass is 271 g/mol. The number of fused-ring (bicyclic) bond motifs is 3. The van der Waals surface area contributed by atoms with E-state index in [-0.39, 0.29) is 0 Å². The van der Waals surface area contributed by atoms with E-state index in [1.807, 2.05) is 36.4 Å². The summed E-state index contributed by atoms with van der Waals surface area (Å²) in [7, 11) is 0. The fraction of sp³-hybridized carbons (Fsp3) is 0. The lowest BCUT2D eigenvalue weighted by Gasteiger charge is -2.05. The van der Waals surface area contributed by atoms with Crippen LogP contribution >= 0.6 is 0 Å². The topological polar surface area (TPSA) is 32.9 Å². The SMILES string of the molecule is O=Cc1ccccc1-c1ccc2c(c1)[nH]c1ccccc12. The molecule has 0 saturated carbocycles. The second kappa shape index (κ2) is 4.60. The summed E-state index contributed by atoms with van der Waals surface area (Å²) in [6.07, 6.45) is 0.907. The van der Waals surface area contributed by atoms with Gasteiger partial charge in [0.05, 0.1) is 0 Å². The van der Waals surface area contributed by atoms with Gasteiger partial charge in [-0.1, -0.05) is 54.6 Å². The zero-order valence-corrected chi connectivity index (χ0v) is 11.3. The minimum absolute atomic E-state index is 0.716. The summed E-state index contributed by atoms with van der Waals surface area (Å²) in [6, 6.07) is 22.2. The minimum Gasteiger partial charge on any atom is -0.354 e. The molecule has 0 aliphatic rings. The quantitative estimate of drug-likeness (QED) is 0.522. The minimum atomic E-state index is 0.716. The number of rotatable bonds is 2. The average molecular weight is 271 g/mol. The Morgan fingerprint density at radius 2 is 1.52 bits per heavy atom. The Morgan fingerprint density at radius 3 is 2.43 bits per heavy atom. The first-order chi connectivity index (χ1) is 10.4. The Balaban J connectivity index is 1.99. The van der Waals surface area contributed by atoms with Gasteiger partial charge in [-0.05, 0) is 23.3 Å². The van der Waals surface area contributed by atoms with Crippen LogP contribution in [0.15, 0.2) is 66.7 Å². The van der Waals surface area contributed by atoms with Crippen LogP contribution in [0.5, 0.6) is 0 Å². The van der Waals surface area contributed by atoms with Crippen LogP contribution in [-0.2, 0) is 0 Å². The van der Waals surface area contributed by atoms with Crippen molar-refractivity contribution in [3.8, 4) is 11.1 Å². The lowest BCUT2D eigenvalue weighted by Crippen LogP contribution is -1.86. The van der Waals surface area contributed by atoms with Gasteiger partial charge in [0.15, 0.2) is 6.29 Å². The molecule has 21 heavy (non-hydrogen) atoms. The lowest BCUT2D eigenvalue weighted by molar-refractivity contribution is 0.112. The first-order valence-electron chi connectivity index (χ1n) is 6.92. The standard InChI is InChI=1S/C19H13NO/c21-12-14-5-1-2-6-15(14)13-9-10-17-16-7-3-4-8-18(16)20-19(17)11-13/h1-12,20H. The van der Waals surface area contributed by atoms with Crippen molar-refractivity contribution < 1.29 is 4.79 Å². The smallest absolute Gasteiger partial charge is 0.150 e. The third-order valence-corrected chi connectivity index (χ3v) is 3.90. The Kier molecular flexibility index (Phi) is 2.61. The van der Waals surface area contributed by atoms with E-state index in [2.05, 4.69) is 35.3 Å². The van der Waals surface area contributed by atoms with Crippen molar-refractivity contribution in [1.82, 2.24) is 4.98 Å². The van der Waals surface area contributed by atoms with Gasteiger partial charge < -0.3 is 4.98 Å². The number of benzene rings is 3. The van der Waals surface area contributed by atoms with Crippen LogP contribution in [-0.4, -0.2) is 11.3 Å². The number of hydrogen-bond donors (Lipinski definition) is 1. The maximum atomic E-state index is 11.2. The number of para-hydroxylation sites is 1. The Bertz CT molecular complexity index is 966. The molecule has 0 radical (unpaired) electrons. The highest BCUT2D eigenvalue weighted by atomic mass is 16.1. The molecule has 0 unspecified atom stereocenters. The van der Waals surface area contributed by atoms with Gasteiger partial charge in [0.1, 0.15) is 0 Å². The van der Waals surface area contributed by atoms with Gasteiger partial charge in [-0.25, -0.2) is 0 Å². The molecule has 0 fully saturated rings. The van der Waals surface area contributed by atoms with Gasteiger partial charge in [-0.3, -0.25) is 4.79 Å². The molecule has 100 valence electrons. The fourth-order valence-corrected chi connectivity index (χ4v) is 2.88. The first-order valence-corrected chi connectivity index (χ1v) is 6.92. The van der Waals surface area contributed by atoms with Gasteiger partial charge >= 0.3 is 0 Å². The van der Waals surface area contributed by atoms with E-state index in [4.69, 9.17) is 0 Å². The molecule has 1 N–H and O–H groups in total. The molecule has 0 spiro atoms. The third-order valence-electron chi connectivity index (χ3n) is 3.90. The highest BCUT2D eigenvalue weighted by molar-refractivity contribution is 6.08. The highest BCUT2D eigenvalue weighted by Crippen LogP contribution is 2.30. The molecule has 0 aliphatic carbocycles. The Labute approximate surface area is 122 Å². The summed E-state index contributed by atoms with van der Waals surface area (Å²) in [5.41, 5.74) is 4.96. The van der Waals surface area contributed by atoms with Crippen LogP contribution in [0, 0.1) is 0 Å². The molecular formula is C19H13NO. The molecular weight excluding hydrogens is 258 g/mol. The van der Waals surface area contributed by atoms with Crippen molar-refractivity contribution in [1.29, 1.82) is 0 Å². The second-order valence-corrected chi connectivity index (χ2v) is 5.14. The van der Waals surface area contributed by atoms with Gasteiger partial charge in [0.25, 0.3) is 0 Å². The number of H-pyrrole nitrogens is 1. The zero-order chi connectivity index (χ0) is 14.2. The predicted molar refractivity (Wildman–Crippen MR) is 86.6 cm³/mol. The summed E-state index contributed by atoms with van der Waals surface area (Å²) in [6.45, 7) is 0. The van der Waals surface area contributed by atoms with Crippen LogP contribution in [0.1, 0.15) is 10.4 Å². The number of hydrogen-bond acceptors (Lipinski definition) is 1. The Morgan fingerprint density at radius 1 is 0.762 bits per heavy atom. The molecule has 0 aliphatic heterocycles. The molecule has 4 aromatic rings. The largest absolute Gasteiger partial charge is 0.354 e. The number of carbonyl (C=O) groups is 1. The second-order valence-electron chi connectivity index (χ2n) is 5.14. The fourth-order valence-electron chi connectivity index (χ4n) is 2.88. The maximum Gasteiger partial charge on any atom is 0.150 e. The summed E-state index contributed by atoms with van der Waals surface area (Å²) >= 11 is 0. The number of aromatic amines is 1. The molecule has 1 aromatic heterocycles. The van der Waals surface area contributed by atoms with E-state index in [1.54, 1.807) is 0 Å². The number of aromatic nitrogens is 1. The van der Waals surface area contributed by atoms with E-state index >= 15 is 0 Å². The predicted octanol–water partition coefficient (Wildman–Crippen LogP) is 4.80. The molecule has 4 rings (SSSR count). The van der Waals surface area contributed by atoms with Crippen molar-refractivity contribution in [2.24, 2.45) is 0 Å². The van der Waals surface area contributed by atoms with Crippen LogP contribution in [0.4, 0.5) is 0 Å². The normalized spacial score (nSPS) is 11.0. The van der Waals surface area contributed by atoms with Crippen LogP contribution in [0.3, 0.4) is 0 Å². The maximum absolute atomic E-state index is 11.2. The van der Waals surface area contributed by atoms with Crippen molar-refractivity contribution >= 4 is 28.1 Å². The molecule has 0 saturated heterocycles. The van der Waals surface area contributed by atoms with Crippen molar-refractivity contribution in [2.45, 2.75) is 0 Å². The number of aldehydes is 1. The Hall–Kier alpha value is -2.87. The van der Waals surface area contributed by atoms with Crippen LogP contribution in [0.2, 0.25) is 0 Å². The molecule has 1 heterocycles. The van der Waals surface area contributed by atoms with Crippen molar-refractivity contribution in [2.75, 3.05) is 0 Å². The van der Waals surface area contributed by atoms with Crippen molar-refractivity contribution in [3.63, 3.8) is 0 Å². The van der Waals surface area contributed by atoms with Crippen LogP contribution < -0.4 is 0 Å².